The number of aliphatic hydroxyl groups is 4. The molecule has 6 atom stereocenters. The Kier molecular flexibility index (Phi) is 6.63. The third-order valence-corrected chi connectivity index (χ3v) is 3.48. The van der Waals surface area contributed by atoms with Crippen LogP contribution in [0.5, 0.6) is 0 Å². The van der Waals surface area contributed by atoms with Gasteiger partial charge in [-0.05, 0) is 0 Å². The molecule has 0 radical (unpaired) electrons. The van der Waals surface area contributed by atoms with Crippen LogP contribution in [0, 0.1) is 0 Å². The zero-order valence-corrected chi connectivity index (χ0v) is 13.1. The van der Waals surface area contributed by atoms with E-state index >= 15 is 0 Å². The van der Waals surface area contributed by atoms with Crippen LogP contribution in [0.15, 0.2) is 0 Å². The summed E-state index contributed by atoms with van der Waals surface area (Å²) >= 11 is 0. The van der Waals surface area contributed by atoms with Gasteiger partial charge in [-0.1, -0.05) is 0 Å². The molecule has 0 aromatic carbocycles. The third kappa shape index (κ3) is 4.61. The van der Waals surface area contributed by atoms with Crippen molar-refractivity contribution < 1.29 is 49.4 Å². The number of amides is 1. The maximum Gasteiger partial charge on any atom is 0.364 e. The highest BCUT2D eigenvalue weighted by Gasteiger charge is 2.55. The topological polar surface area (TPSA) is 183 Å². The summed E-state index contributed by atoms with van der Waals surface area (Å²) < 4.78 is 9.87. The van der Waals surface area contributed by atoms with Crippen LogP contribution in [-0.4, -0.2) is 86.2 Å². The van der Waals surface area contributed by atoms with Crippen LogP contribution in [0.1, 0.15) is 20.3 Å². The lowest BCUT2D eigenvalue weighted by atomic mass is 9.88. The van der Waals surface area contributed by atoms with E-state index in [1.54, 1.807) is 0 Å². The average molecular weight is 351 g/mol. The van der Waals surface area contributed by atoms with E-state index in [0.717, 1.165) is 13.8 Å². The first kappa shape index (κ1) is 20.3. The summed E-state index contributed by atoms with van der Waals surface area (Å²) in [6, 6.07) is -1.30. The van der Waals surface area contributed by atoms with Gasteiger partial charge in [0.25, 0.3) is 5.79 Å². The summed E-state index contributed by atoms with van der Waals surface area (Å²) in [5.74, 6) is -6.15. The molecule has 1 aliphatic heterocycles. The molecule has 11 nitrogen and oxygen atoms in total. The molecule has 1 amide bonds. The minimum Gasteiger partial charge on any atom is -0.477 e. The second-order valence-corrected chi connectivity index (χ2v) is 5.49. The molecular formula is C13H21NO10. The molecule has 1 fully saturated rings. The van der Waals surface area contributed by atoms with E-state index in [4.69, 9.17) is 19.7 Å². The Bertz CT molecular complexity index is 497. The standard InChI is InChI=1S/C13H21NO10/c1-5(16)14-9-7(18)3-13(22,12(20)21)24-11(9)10(8(19)4-15)23-6(2)17/h7-11,15,18-19,22H,3-4H2,1-2H3,(H,14,16)(H,20,21)/t7-,8+,9+,10+,11+,13?/m0/s1. The lowest BCUT2D eigenvalue weighted by molar-refractivity contribution is -0.296. The Morgan fingerprint density at radius 2 is 1.96 bits per heavy atom. The molecule has 0 bridgehead atoms. The highest BCUT2D eigenvalue weighted by atomic mass is 16.7. The number of nitrogens with one attached hydrogen (secondary N) is 1. The lowest BCUT2D eigenvalue weighted by Gasteiger charge is -2.45. The smallest absolute Gasteiger partial charge is 0.364 e. The van der Waals surface area contributed by atoms with Crippen molar-refractivity contribution in [3.8, 4) is 0 Å². The van der Waals surface area contributed by atoms with Gasteiger partial charge in [0.1, 0.15) is 12.2 Å². The van der Waals surface area contributed by atoms with Crippen LogP contribution in [0.3, 0.4) is 0 Å². The number of carboxylic acid groups (broad SMARTS) is 1. The van der Waals surface area contributed by atoms with Crippen LogP contribution >= 0.6 is 0 Å². The number of aliphatic carboxylic acids is 1. The van der Waals surface area contributed by atoms with Crippen molar-refractivity contribution >= 4 is 17.8 Å². The molecule has 0 aromatic heterocycles. The predicted octanol–water partition coefficient (Wildman–Crippen LogP) is -3.30. The third-order valence-electron chi connectivity index (χ3n) is 3.48. The van der Waals surface area contributed by atoms with Crippen molar-refractivity contribution in [1.82, 2.24) is 5.32 Å². The molecule has 0 spiro atoms. The molecule has 1 heterocycles. The van der Waals surface area contributed by atoms with Gasteiger partial charge in [0, 0.05) is 20.3 Å². The molecule has 0 aliphatic carbocycles. The number of carbonyl (C=O) groups is 3. The van der Waals surface area contributed by atoms with Crippen molar-refractivity contribution in [2.45, 2.75) is 56.5 Å². The first-order chi connectivity index (χ1) is 11.0. The molecular weight excluding hydrogens is 330 g/mol. The number of carbonyl (C=O) groups excluding carboxylic acids is 2. The lowest BCUT2D eigenvalue weighted by Crippen LogP contribution is -2.67. The first-order valence-electron chi connectivity index (χ1n) is 7.06. The quantitative estimate of drug-likeness (QED) is 0.265. The number of hydrogen-bond acceptors (Lipinski definition) is 9. The molecule has 138 valence electrons. The van der Waals surface area contributed by atoms with Crippen molar-refractivity contribution in [3.05, 3.63) is 0 Å². The summed E-state index contributed by atoms with van der Waals surface area (Å²) in [5, 5.41) is 50.4. The minimum atomic E-state index is -2.83. The van der Waals surface area contributed by atoms with Gasteiger partial charge >= 0.3 is 11.9 Å². The molecule has 6 N–H and O–H groups in total. The molecule has 24 heavy (non-hydrogen) atoms. The zero-order valence-electron chi connectivity index (χ0n) is 13.1. The van der Waals surface area contributed by atoms with Crippen LogP contribution in [-0.2, 0) is 23.9 Å². The van der Waals surface area contributed by atoms with Gasteiger partial charge in [-0.15, -0.1) is 0 Å². The Hall–Kier alpha value is -1.79. The van der Waals surface area contributed by atoms with E-state index in [0.29, 0.717) is 0 Å². The van der Waals surface area contributed by atoms with Gasteiger partial charge in [-0.3, -0.25) is 9.59 Å². The number of ether oxygens (including phenoxy) is 2. The summed E-state index contributed by atoms with van der Waals surface area (Å²) in [6.07, 6.45) is -7.35. The SMILES string of the molecule is CC(=O)N[C@H]1[C@H]([C@H](OC(C)=O)[C@H](O)CO)OC(O)(C(=O)O)C[C@@H]1O. The largest absolute Gasteiger partial charge is 0.477 e. The number of hydrogen-bond donors (Lipinski definition) is 6. The number of esters is 1. The van der Waals surface area contributed by atoms with Crippen molar-refractivity contribution in [2.24, 2.45) is 0 Å². The Labute approximate surface area is 136 Å². The number of rotatable bonds is 6. The van der Waals surface area contributed by atoms with E-state index in [-0.39, 0.29) is 0 Å². The molecule has 1 rings (SSSR count). The van der Waals surface area contributed by atoms with Crippen LogP contribution in [0.4, 0.5) is 0 Å². The highest BCUT2D eigenvalue weighted by Crippen LogP contribution is 2.31. The second kappa shape index (κ2) is 7.85. The first-order valence-corrected chi connectivity index (χ1v) is 7.06. The van der Waals surface area contributed by atoms with Crippen molar-refractivity contribution in [3.63, 3.8) is 0 Å². The fourth-order valence-corrected chi connectivity index (χ4v) is 2.46. The van der Waals surface area contributed by atoms with Gasteiger partial charge < -0.3 is 40.3 Å². The molecule has 0 saturated carbocycles. The van der Waals surface area contributed by atoms with Crippen molar-refractivity contribution in [1.29, 1.82) is 0 Å². The maximum atomic E-state index is 11.3. The van der Waals surface area contributed by atoms with E-state index in [1.807, 2.05) is 0 Å². The molecule has 11 heteroatoms. The molecule has 1 unspecified atom stereocenters. The second-order valence-electron chi connectivity index (χ2n) is 5.49. The summed E-state index contributed by atoms with van der Waals surface area (Å²) in [6.45, 7) is 1.23. The van der Waals surface area contributed by atoms with Gasteiger partial charge in [0.05, 0.1) is 18.8 Å². The van der Waals surface area contributed by atoms with Crippen LogP contribution < -0.4 is 5.32 Å². The molecule has 1 saturated heterocycles. The molecule has 1 aliphatic rings. The monoisotopic (exact) mass is 351 g/mol. The number of aliphatic hydroxyl groups excluding tert-OH is 3. The Morgan fingerprint density at radius 3 is 2.38 bits per heavy atom. The zero-order chi connectivity index (χ0) is 18.7. The normalized spacial score (nSPS) is 32.5. The summed E-state index contributed by atoms with van der Waals surface area (Å²) in [7, 11) is 0. The Balaban J connectivity index is 3.25. The van der Waals surface area contributed by atoms with Crippen LogP contribution in [0.25, 0.3) is 0 Å². The van der Waals surface area contributed by atoms with E-state index in [2.05, 4.69) is 5.32 Å². The van der Waals surface area contributed by atoms with E-state index in [1.165, 1.54) is 0 Å². The maximum absolute atomic E-state index is 11.3. The highest BCUT2D eigenvalue weighted by molar-refractivity contribution is 5.76. The van der Waals surface area contributed by atoms with E-state index in [9.17, 15) is 29.7 Å². The minimum absolute atomic E-state index is 0.617. The van der Waals surface area contributed by atoms with Crippen molar-refractivity contribution in [2.75, 3.05) is 6.61 Å². The molecule has 0 aromatic rings. The predicted molar refractivity (Wildman–Crippen MR) is 74.3 cm³/mol. The van der Waals surface area contributed by atoms with Gasteiger partial charge in [-0.2, -0.15) is 0 Å². The van der Waals surface area contributed by atoms with Gasteiger partial charge in [-0.25, -0.2) is 4.79 Å². The fraction of sp³-hybridized carbons (Fsp3) is 0.769. The van der Waals surface area contributed by atoms with Gasteiger partial charge in [0.15, 0.2) is 6.10 Å². The Morgan fingerprint density at radius 1 is 1.38 bits per heavy atom. The summed E-state index contributed by atoms with van der Waals surface area (Å²) in [4.78, 5) is 33.7. The number of carboxylic acids is 1. The van der Waals surface area contributed by atoms with Crippen LogP contribution in [0.2, 0.25) is 0 Å². The van der Waals surface area contributed by atoms with E-state index < -0.39 is 67.1 Å². The van der Waals surface area contributed by atoms with Gasteiger partial charge in [0.2, 0.25) is 5.91 Å². The fourth-order valence-electron chi connectivity index (χ4n) is 2.46. The average Bonchev–Trinajstić information content (AvgIpc) is 2.46. The summed E-state index contributed by atoms with van der Waals surface area (Å²) in [5.41, 5.74) is 0.